The summed E-state index contributed by atoms with van der Waals surface area (Å²) in [5.41, 5.74) is 15.2. The summed E-state index contributed by atoms with van der Waals surface area (Å²) in [5.74, 6) is 0.845. The van der Waals surface area contributed by atoms with Gasteiger partial charge in [0.05, 0.1) is 25.8 Å². The summed E-state index contributed by atoms with van der Waals surface area (Å²) in [4.78, 5) is 12.6. The van der Waals surface area contributed by atoms with E-state index in [1.54, 1.807) is 30.5 Å². The van der Waals surface area contributed by atoms with E-state index in [1.807, 2.05) is 6.07 Å². The Bertz CT molecular complexity index is 1500. The number of nitrogens with zero attached hydrogens (tertiary/aromatic N) is 3. The van der Waals surface area contributed by atoms with Crippen molar-refractivity contribution in [3.63, 3.8) is 0 Å². The van der Waals surface area contributed by atoms with Gasteiger partial charge in [0.1, 0.15) is 16.7 Å². The third kappa shape index (κ3) is 4.18. The maximum absolute atomic E-state index is 13.9. The Kier molecular flexibility index (Phi) is 5.94. The molecule has 5 N–H and O–H groups in total. The Balaban J connectivity index is 1.24. The van der Waals surface area contributed by atoms with Crippen molar-refractivity contribution in [3.05, 3.63) is 64.6 Å². The summed E-state index contributed by atoms with van der Waals surface area (Å²) in [6.07, 6.45) is 7.86. The quantitative estimate of drug-likeness (QED) is 0.391. The van der Waals surface area contributed by atoms with Gasteiger partial charge in [0.2, 0.25) is 0 Å². The summed E-state index contributed by atoms with van der Waals surface area (Å²) in [7, 11) is -2.96. The lowest BCUT2D eigenvalue weighted by atomic mass is 9.70. The van der Waals surface area contributed by atoms with E-state index in [4.69, 9.17) is 32.8 Å². The highest BCUT2D eigenvalue weighted by Crippen LogP contribution is 2.57. The molecule has 0 saturated carbocycles. The summed E-state index contributed by atoms with van der Waals surface area (Å²) in [5, 5.41) is 0.778. The van der Waals surface area contributed by atoms with E-state index in [1.165, 1.54) is 24.1 Å². The van der Waals surface area contributed by atoms with Crippen LogP contribution in [-0.4, -0.2) is 32.5 Å². The fourth-order valence-corrected chi connectivity index (χ4v) is 8.91. The third-order valence-electron chi connectivity index (χ3n) is 8.12. The Morgan fingerprint density at radius 1 is 1.24 bits per heavy atom. The van der Waals surface area contributed by atoms with E-state index in [0.29, 0.717) is 15.7 Å². The molecule has 7 nitrogen and oxygen atoms in total. The van der Waals surface area contributed by atoms with Gasteiger partial charge in [-0.1, -0.05) is 35.5 Å². The molecule has 0 radical (unpaired) electrons. The summed E-state index contributed by atoms with van der Waals surface area (Å²) in [6.45, 7) is 0. The minimum absolute atomic E-state index is 0.0646. The molecule has 2 saturated heterocycles. The van der Waals surface area contributed by atoms with E-state index in [9.17, 15) is 8.60 Å². The number of piperidine rings is 1. The van der Waals surface area contributed by atoms with Crippen molar-refractivity contribution in [2.24, 2.45) is 11.1 Å². The molecule has 0 amide bonds. The van der Waals surface area contributed by atoms with Crippen LogP contribution >= 0.6 is 23.4 Å². The average molecular weight is 559 g/mol. The van der Waals surface area contributed by atoms with Crippen LogP contribution in [0.2, 0.25) is 5.02 Å². The summed E-state index contributed by atoms with van der Waals surface area (Å²) in [6, 6.07) is 10.6. The van der Waals surface area contributed by atoms with Crippen LogP contribution in [0, 0.1) is 16.0 Å². The lowest BCUT2D eigenvalue weighted by Crippen LogP contribution is -2.51. The molecule has 2 fully saturated rings. The topological polar surface area (TPSA) is 122 Å². The number of benzene rings is 2. The second kappa shape index (κ2) is 8.83. The second-order valence-corrected chi connectivity index (χ2v) is 14.0. The number of hydrogen-bond donors (Lipinski definition) is 3. The number of fused-ring (bicyclic) bond motifs is 3. The van der Waals surface area contributed by atoms with Crippen LogP contribution in [0.25, 0.3) is 0 Å². The first-order valence-corrected chi connectivity index (χ1v) is 15.4. The molecule has 3 aliphatic rings. The molecule has 3 aromatic rings. The standard InChI is InChI=1S/C26H28ClFN6OS2/c1-37(31,35)20-4-2-3-19(22(20)27)36-25-24(30)33-21(13-32-25)34-16-6-7-17(34)12-26(11-16)10-14-9-15(28)5-8-18(14)23(26)29/h2-5,8-9,13,16-17,23,31H,6-7,10-12,29H2,1H3,(H2,30,33)/t16?,17?,23-,26?,37?/m1/s1. The molecular weight excluding hydrogens is 531 g/mol. The van der Waals surface area contributed by atoms with Crippen molar-refractivity contribution < 1.29 is 8.60 Å². The molecule has 1 aliphatic carbocycles. The highest BCUT2D eigenvalue weighted by Gasteiger charge is 2.54. The van der Waals surface area contributed by atoms with E-state index in [0.717, 1.165) is 49.0 Å². The van der Waals surface area contributed by atoms with Gasteiger partial charge in [-0.25, -0.2) is 23.3 Å². The van der Waals surface area contributed by atoms with Crippen molar-refractivity contribution in [2.75, 3.05) is 16.9 Å². The number of aromatic nitrogens is 2. The van der Waals surface area contributed by atoms with Crippen LogP contribution in [0.4, 0.5) is 16.0 Å². The number of hydrogen-bond acceptors (Lipinski definition) is 8. The molecule has 11 heteroatoms. The smallest absolute Gasteiger partial charge is 0.158 e. The fourth-order valence-electron chi connectivity index (χ4n) is 6.57. The van der Waals surface area contributed by atoms with Crippen molar-refractivity contribution in [3.8, 4) is 0 Å². The first kappa shape index (κ1) is 24.9. The Hall–Kier alpha value is -2.40. The number of nitrogens with one attached hydrogen (secondary N) is 1. The van der Waals surface area contributed by atoms with Gasteiger partial charge < -0.3 is 16.4 Å². The SMILES string of the molecule is CS(=N)(=O)c1cccc(Sc2ncc(N3C4CCC3CC3(Cc5cc(F)ccc5[C@H]3N)C4)nc2N)c1Cl. The zero-order valence-electron chi connectivity index (χ0n) is 20.3. The van der Waals surface area contributed by atoms with Crippen molar-refractivity contribution in [1.82, 2.24) is 9.97 Å². The van der Waals surface area contributed by atoms with Gasteiger partial charge in [0.15, 0.2) is 5.82 Å². The Morgan fingerprint density at radius 3 is 2.65 bits per heavy atom. The predicted octanol–water partition coefficient (Wildman–Crippen LogP) is 5.41. The minimum Gasteiger partial charge on any atom is -0.381 e. The zero-order valence-corrected chi connectivity index (χ0v) is 22.7. The van der Waals surface area contributed by atoms with Crippen molar-refractivity contribution in [2.45, 2.75) is 65.0 Å². The van der Waals surface area contributed by atoms with E-state index >= 15 is 0 Å². The largest absolute Gasteiger partial charge is 0.381 e. The first-order valence-electron chi connectivity index (χ1n) is 12.2. The van der Waals surface area contributed by atoms with Crippen LogP contribution in [0.1, 0.15) is 42.9 Å². The second-order valence-electron chi connectivity index (χ2n) is 10.5. The van der Waals surface area contributed by atoms with E-state index in [2.05, 4.69) is 9.88 Å². The van der Waals surface area contributed by atoms with Gasteiger partial charge in [-0.15, -0.1) is 0 Å². The zero-order chi connectivity index (χ0) is 26.1. The van der Waals surface area contributed by atoms with Crippen LogP contribution < -0.4 is 16.4 Å². The van der Waals surface area contributed by atoms with Crippen LogP contribution in [0.5, 0.6) is 0 Å². The van der Waals surface area contributed by atoms with Crippen LogP contribution in [-0.2, 0) is 16.1 Å². The minimum atomic E-state index is -2.96. The molecule has 4 atom stereocenters. The molecule has 3 unspecified atom stereocenters. The lowest BCUT2D eigenvalue weighted by molar-refractivity contribution is 0.155. The molecule has 37 heavy (non-hydrogen) atoms. The van der Waals surface area contributed by atoms with Gasteiger partial charge in [-0.2, -0.15) is 0 Å². The molecule has 1 aromatic heterocycles. The number of nitrogen functional groups attached to an aromatic ring is 1. The highest BCUT2D eigenvalue weighted by atomic mass is 35.5. The molecular formula is C26H28ClFN6OS2. The third-order valence-corrected chi connectivity index (χ3v) is 11.0. The Labute approximate surface area is 225 Å². The molecule has 194 valence electrons. The first-order chi connectivity index (χ1) is 17.6. The molecule has 2 bridgehead atoms. The maximum atomic E-state index is 13.9. The molecule has 2 aromatic carbocycles. The predicted molar refractivity (Wildman–Crippen MR) is 145 cm³/mol. The van der Waals surface area contributed by atoms with Crippen molar-refractivity contribution in [1.29, 1.82) is 4.78 Å². The normalized spacial score (nSPS) is 27.9. The number of anilines is 2. The van der Waals surface area contributed by atoms with Gasteiger partial charge >= 0.3 is 0 Å². The van der Waals surface area contributed by atoms with E-state index in [-0.39, 0.29) is 39.3 Å². The average Bonchev–Trinajstić information content (AvgIpc) is 3.25. The van der Waals surface area contributed by atoms with Crippen LogP contribution in [0.15, 0.2) is 57.4 Å². The monoisotopic (exact) mass is 558 g/mol. The Morgan fingerprint density at radius 2 is 1.97 bits per heavy atom. The molecule has 1 spiro atoms. The van der Waals surface area contributed by atoms with Gasteiger partial charge in [0.25, 0.3) is 0 Å². The van der Waals surface area contributed by atoms with Crippen LogP contribution in [0.3, 0.4) is 0 Å². The molecule has 3 heterocycles. The molecule has 2 aliphatic heterocycles. The highest BCUT2D eigenvalue weighted by molar-refractivity contribution is 7.99. The maximum Gasteiger partial charge on any atom is 0.158 e. The lowest BCUT2D eigenvalue weighted by Gasteiger charge is -2.47. The summed E-state index contributed by atoms with van der Waals surface area (Å²) >= 11 is 7.71. The molecule has 6 rings (SSSR count). The number of rotatable bonds is 4. The number of halogens is 2. The van der Waals surface area contributed by atoms with E-state index < -0.39 is 9.73 Å². The number of nitrogens with two attached hydrogens (primary N) is 2. The fraction of sp³-hybridized carbons (Fsp3) is 0.385. The van der Waals surface area contributed by atoms with Gasteiger partial charge in [-0.3, -0.25) is 0 Å². The van der Waals surface area contributed by atoms with Gasteiger partial charge in [-0.05, 0) is 72.9 Å². The van der Waals surface area contributed by atoms with Gasteiger partial charge in [0, 0.05) is 29.3 Å². The van der Waals surface area contributed by atoms with Crippen molar-refractivity contribution >= 4 is 44.7 Å². The summed E-state index contributed by atoms with van der Waals surface area (Å²) < 4.78 is 34.0.